The molecule has 0 aromatic rings. The molecule has 0 radical (unpaired) electrons. The average molecular weight is 217 g/mol. The van der Waals surface area contributed by atoms with Crippen molar-refractivity contribution >= 4 is 37.7 Å². The monoisotopic (exact) mass is 216 g/mol. The zero-order chi connectivity index (χ0) is 4.50. The summed E-state index contributed by atoms with van der Waals surface area (Å²) in [6, 6.07) is 0. The molecule has 0 unspecified atom stereocenters. The molecule has 7 heteroatoms. The first-order chi connectivity index (χ1) is 2.00. The Labute approximate surface area is 88.6 Å². The van der Waals surface area contributed by atoms with Gasteiger partial charge in [0.2, 0.25) is 0 Å². The molecule has 0 aliphatic heterocycles. The van der Waals surface area contributed by atoms with E-state index in [2.05, 4.69) is 0 Å². The van der Waals surface area contributed by atoms with Crippen LogP contribution in [-0.4, -0.2) is 37.7 Å². The van der Waals surface area contributed by atoms with Crippen molar-refractivity contribution in [2.45, 2.75) is 0 Å². The van der Waals surface area contributed by atoms with E-state index >= 15 is 0 Å². The van der Waals surface area contributed by atoms with Crippen molar-refractivity contribution < 1.29 is 52.4 Å². The second-order valence-corrected chi connectivity index (χ2v) is 2.06. The molecule has 0 bridgehead atoms. The van der Waals surface area contributed by atoms with Gasteiger partial charge in [0.05, 0.1) is 0 Å². The predicted molar refractivity (Wildman–Crippen MR) is 5.75 cm³/mol. The molecule has 0 saturated carbocycles. The van der Waals surface area contributed by atoms with E-state index < -0.39 is 18.1 Å². The van der Waals surface area contributed by atoms with E-state index in [1.54, 1.807) is 0 Å². The normalized spacial score (nSPS) is 8.57. The van der Waals surface area contributed by atoms with E-state index in [4.69, 9.17) is 14.8 Å². The maximum Gasteiger partial charge on any atom is 2.00 e. The third-order valence-electron chi connectivity index (χ3n) is 0. The fourth-order valence-electron chi connectivity index (χ4n) is 0. The quantitative estimate of drug-likeness (QED) is 0.379. The molecule has 4 nitrogen and oxygen atoms in total. The van der Waals surface area contributed by atoms with Gasteiger partial charge >= 0.3 is 90.1 Å². The van der Waals surface area contributed by atoms with Crippen LogP contribution in [0.3, 0.4) is 0 Å². The molecule has 0 saturated heterocycles. The van der Waals surface area contributed by atoms with Crippen LogP contribution in [0.1, 0.15) is 0 Å². The smallest absolute Gasteiger partial charge is 2.00 e. The van der Waals surface area contributed by atoms with Gasteiger partial charge in [-0.25, -0.2) is 0 Å². The van der Waals surface area contributed by atoms with Gasteiger partial charge in [0.25, 0.3) is 0 Å². The van der Waals surface area contributed by atoms with Crippen LogP contribution in [0.2, 0.25) is 0 Å². The average Bonchev–Trinajstić information content (AvgIpc) is 0.722. The van der Waals surface area contributed by atoms with Gasteiger partial charge in [-0.05, 0) is 0 Å². The van der Waals surface area contributed by atoms with E-state index in [0.717, 1.165) is 0 Å². The van der Waals surface area contributed by atoms with Crippen LogP contribution in [0, 0.1) is 0 Å². The third-order valence-corrected chi connectivity index (χ3v) is 0. The van der Waals surface area contributed by atoms with E-state index in [-0.39, 0.29) is 57.2 Å². The fraction of sp³-hybridized carbons (Fsp3) is 0. The Balaban J connectivity index is -0.0000000800. The summed E-state index contributed by atoms with van der Waals surface area (Å²) in [4.78, 5) is 0. The third kappa shape index (κ3) is 58.9. The molecule has 0 aliphatic carbocycles. The van der Waals surface area contributed by atoms with Gasteiger partial charge in [-0.1, -0.05) is 0 Å². The first kappa shape index (κ1) is 16.2. The topological polar surface area (TPSA) is 92.2 Å². The van der Waals surface area contributed by atoms with Gasteiger partial charge in [-0.3, -0.25) is 0 Å². The molecule has 7 heavy (non-hydrogen) atoms. The largest absolute Gasteiger partial charge is 2.00 e. The Morgan fingerprint density at radius 1 is 0.857 bits per heavy atom. The standard InChI is InChI=1S/Ca.4O.Ti.Zn/q+2;4*-1;;+2. The fourth-order valence-corrected chi connectivity index (χ4v) is 0. The first-order valence-electron chi connectivity index (χ1n) is 0.816. The summed E-state index contributed by atoms with van der Waals surface area (Å²) in [5.41, 5.74) is 0. The minimum absolute atomic E-state index is 0. The van der Waals surface area contributed by atoms with Gasteiger partial charge in [0.15, 0.2) is 0 Å². The van der Waals surface area contributed by atoms with Crippen LogP contribution in [0.15, 0.2) is 0 Å². The molecule has 0 fully saturated rings. The minimum Gasteiger partial charge on any atom is 2.00 e. The second-order valence-electron chi connectivity index (χ2n) is 0.500. The summed E-state index contributed by atoms with van der Waals surface area (Å²) in [6.45, 7) is 0. The van der Waals surface area contributed by atoms with Crippen molar-refractivity contribution in [1.82, 2.24) is 0 Å². The molecule has 0 aliphatic rings. The van der Waals surface area contributed by atoms with E-state index in [0.29, 0.717) is 0 Å². The van der Waals surface area contributed by atoms with Gasteiger partial charge in [0.1, 0.15) is 0 Å². The van der Waals surface area contributed by atoms with Gasteiger partial charge in [-0.2, -0.15) is 0 Å². The van der Waals surface area contributed by atoms with E-state index in [9.17, 15) is 0 Å². The van der Waals surface area contributed by atoms with Gasteiger partial charge in [-0.15, -0.1) is 0 Å². The molecule has 0 aromatic carbocycles. The number of hydrogen-bond donors (Lipinski definition) is 0. The molecule has 0 heterocycles. The van der Waals surface area contributed by atoms with Crippen LogP contribution in [0.25, 0.3) is 0 Å². The second kappa shape index (κ2) is 6.56. The summed E-state index contributed by atoms with van der Waals surface area (Å²) in [6.07, 6.45) is 0. The summed E-state index contributed by atoms with van der Waals surface area (Å²) >= 11 is -6.00. The van der Waals surface area contributed by atoms with Crippen LogP contribution >= 0.6 is 0 Å². The van der Waals surface area contributed by atoms with E-state index in [1.165, 1.54) is 0 Å². The Hall–Kier alpha value is 2.44. The zero-order valence-electron chi connectivity index (χ0n) is 3.55. The van der Waals surface area contributed by atoms with Crippen LogP contribution in [-0.2, 0) is 37.6 Å². The Kier molecular flexibility index (Phi) is 15.2. The maximum atomic E-state index is 8.62. The van der Waals surface area contributed by atoms with Crippen molar-refractivity contribution in [2.75, 3.05) is 0 Å². The summed E-state index contributed by atoms with van der Waals surface area (Å²) in [7, 11) is 0. The van der Waals surface area contributed by atoms with Crippen molar-refractivity contribution in [3.05, 3.63) is 0 Å². The molecule has 0 amide bonds. The molecule has 0 rings (SSSR count). The van der Waals surface area contributed by atoms with Crippen molar-refractivity contribution in [2.24, 2.45) is 0 Å². The van der Waals surface area contributed by atoms with Crippen LogP contribution in [0.5, 0.6) is 0 Å². The Morgan fingerprint density at radius 2 is 0.857 bits per heavy atom. The summed E-state index contributed by atoms with van der Waals surface area (Å²) in [5.74, 6) is 0. The summed E-state index contributed by atoms with van der Waals surface area (Å²) in [5, 5.41) is 0. The summed E-state index contributed by atoms with van der Waals surface area (Å²) < 4.78 is 34.5. The SMILES string of the molecule is [Ca+2].[O-][Ti]([O-])([O-])[O-].[Zn+2]. The molecule has 0 N–H and O–H groups in total. The van der Waals surface area contributed by atoms with Crippen molar-refractivity contribution in [1.29, 1.82) is 0 Å². The molecular formula is CaO4TiZn. The van der Waals surface area contributed by atoms with Crippen molar-refractivity contribution in [3.8, 4) is 0 Å². The molecule has 32 valence electrons. The number of hydrogen-bond acceptors (Lipinski definition) is 4. The Bertz CT molecular complexity index is 27.2. The van der Waals surface area contributed by atoms with Crippen LogP contribution < -0.4 is 14.8 Å². The van der Waals surface area contributed by atoms with Gasteiger partial charge < -0.3 is 0 Å². The molecular weight excluding hydrogens is 217 g/mol. The van der Waals surface area contributed by atoms with E-state index in [1.807, 2.05) is 0 Å². The molecule has 0 atom stereocenters. The van der Waals surface area contributed by atoms with Gasteiger partial charge in [0, 0.05) is 0 Å². The predicted octanol–water partition coefficient (Wildman–Crippen LogP) is -5.14. The zero-order valence-corrected chi connectivity index (χ0v) is 10.3. The molecule has 0 aromatic heterocycles. The number of rotatable bonds is 0. The minimum atomic E-state index is -6.00. The van der Waals surface area contributed by atoms with Crippen LogP contribution in [0.4, 0.5) is 0 Å². The van der Waals surface area contributed by atoms with Crippen molar-refractivity contribution in [3.63, 3.8) is 0 Å². The Morgan fingerprint density at radius 3 is 0.857 bits per heavy atom. The first-order valence-corrected chi connectivity index (χ1v) is 3.37. The molecule has 0 spiro atoms. The maximum absolute atomic E-state index is 8.62.